The van der Waals surface area contributed by atoms with Crippen molar-refractivity contribution in [2.75, 3.05) is 0 Å². The van der Waals surface area contributed by atoms with Gasteiger partial charge in [0.05, 0.1) is 5.54 Å². The maximum Gasteiger partial charge on any atom is 0.0940 e. The van der Waals surface area contributed by atoms with Gasteiger partial charge in [0.2, 0.25) is 0 Å². The van der Waals surface area contributed by atoms with E-state index < -0.39 is 0 Å². The Morgan fingerprint density at radius 3 is 1.83 bits per heavy atom. The molecule has 1 nitrogen and oxygen atoms in total. The summed E-state index contributed by atoms with van der Waals surface area (Å²) in [5, 5.41) is 0. The predicted molar refractivity (Wildman–Crippen MR) is 50.3 cm³/mol. The molecular formula is C10H24ClN. The van der Waals surface area contributed by atoms with Crippen molar-refractivity contribution >= 4 is 0 Å². The second kappa shape index (κ2) is 7.88. The second-order valence-corrected chi connectivity index (χ2v) is 3.66. The van der Waals surface area contributed by atoms with Crippen LogP contribution >= 0.6 is 0 Å². The van der Waals surface area contributed by atoms with Crippen LogP contribution in [0, 0.1) is 0 Å². The molecule has 0 fully saturated rings. The molecule has 0 spiro atoms. The van der Waals surface area contributed by atoms with Crippen LogP contribution in [0.15, 0.2) is 0 Å². The summed E-state index contributed by atoms with van der Waals surface area (Å²) in [6.45, 7) is 6.76. The largest absolute Gasteiger partial charge is 1.00 e. The second-order valence-electron chi connectivity index (χ2n) is 3.66. The van der Waals surface area contributed by atoms with Crippen LogP contribution in [-0.2, 0) is 0 Å². The highest BCUT2D eigenvalue weighted by atomic mass is 35.5. The van der Waals surface area contributed by atoms with Gasteiger partial charge in [-0.2, -0.15) is 0 Å². The summed E-state index contributed by atoms with van der Waals surface area (Å²) in [6.07, 6.45) is 7.83. The fourth-order valence-corrected chi connectivity index (χ4v) is 1.35. The smallest absolute Gasteiger partial charge is 0.0940 e. The van der Waals surface area contributed by atoms with E-state index in [2.05, 4.69) is 26.5 Å². The van der Waals surface area contributed by atoms with Gasteiger partial charge in [0.25, 0.3) is 0 Å². The molecule has 0 saturated heterocycles. The molecule has 0 aliphatic rings. The van der Waals surface area contributed by atoms with E-state index in [0.717, 1.165) is 0 Å². The van der Waals surface area contributed by atoms with Crippen molar-refractivity contribution in [1.82, 2.24) is 0 Å². The van der Waals surface area contributed by atoms with E-state index in [1.807, 2.05) is 0 Å². The third-order valence-corrected chi connectivity index (χ3v) is 2.81. The molecule has 2 heteroatoms. The van der Waals surface area contributed by atoms with Crippen molar-refractivity contribution in [2.45, 2.75) is 64.8 Å². The molecule has 0 amide bonds. The molecule has 0 bridgehead atoms. The number of quaternary nitrogens is 1. The van der Waals surface area contributed by atoms with Crippen molar-refractivity contribution in [3.63, 3.8) is 0 Å². The molecule has 0 aliphatic carbocycles. The Morgan fingerprint density at radius 1 is 1.00 bits per heavy atom. The average Bonchev–Trinajstić information content (AvgIpc) is 2.05. The van der Waals surface area contributed by atoms with Crippen molar-refractivity contribution in [3.8, 4) is 0 Å². The molecule has 3 N–H and O–H groups in total. The first kappa shape index (κ1) is 14.8. The van der Waals surface area contributed by atoms with E-state index in [9.17, 15) is 0 Å². The van der Waals surface area contributed by atoms with Gasteiger partial charge >= 0.3 is 0 Å². The van der Waals surface area contributed by atoms with Crippen LogP contribution in [0.1, 0.15) is 59.3 Å². The van der Waals surface area contributed by atoms with Gasteiger partial charge in [-0.1, -0.05) is 33.6 Å². The normalized spacial score (nSPS) is 11.0. The van der Waals surface area contributed by atoms with Crippen LogP contribution in [0.5, 0.6) is 0 Å². The van der Waals surface area contributed by atoms with Gasteiger partial charge in [-0.05, 0) is 19.3 Å². The van der Waals surface area contributed by atoms with E-state index >= 15 is 0 Å². The molecule has 12 heavy (non-hydrogen) atoms. The van der Waals surface area contributed by atoms with Gasteiger partial charge < -0.3 is 18.1 Å². The third kappa shape index (κ3) is 5.84. The molecular weight excluding hydrogens is 170 g/mol. The SMILES string of the molecule is CCCCCC([NH3+])(CC)CC.[Cl-]. The lowest BCUT2D eigenvalue weighted by Gasteiger charge is -2.22. The van der Waals surface area contributed by atoms with Crippen LogP contribution in [0.4, 0.5) is 0 Å². The molecule has 0 heterocycles. The fraction of sp³-hybridized carbons (Fsp3) is 1.00. The van der Waals surface area contributed by atoms with Crippen LogP contribution in [0.2, 0.25) is 0 Å². The summed E-state index contributed by atoms with van der Waals surface area (Å²) in [5.41, 5.74) is 4.66. The van der Waals surface area contributed by atoms with Crippen molar-refractivity contribution in [3.05, 3.63) is 0 Å². The number of rotatable bonds is 6. The molecule has 0 aromatic rings. The topological polar surface area (TPSA) is 27.6 Å². The first-order chi connectivity index (χ1) is 5.18. The predicted octanol–water partition coefficient (Wildman–Crippen LogP) is -0.629. The monoisotopic (exact) mass is 193 g/mol. The molecule has 0 aromatic carbocycles. The van der Waals surface area contributed by atoms with E-state index in [0.29, 0.717) is 5.54 Å². The van der Waals surface area contributed by atoms with E-state index in [1.54, 1.807) is 0 Å². The highest BCUT2D eigenvalue weighted by Crippen LogP contribution is 2.17. The quantitative estimate of drug-likeness (QED) is 0.545. The highest BCUT2D eigenvalue weighted by molar-refractivity contribution is 4.72. The summed E-state index contributed by atoms with van der Waals surface area (Å²) in [5.74, 6) is 0. The number of hydrogen-bond acceptors (Lipinski definition) is 0. The van der Waals surface area contributed by atoms with Gasteiger partial charge in [-0.3, -0.25) is 0 Å². The minimum atomic E-state index is 0. The summed E-state index contributed by atoms with van der Waals surface area (Å²) >= 11 is 0. The Kier molecular flexibility index (Phi) is 9.69. The molecule has 0 aromatic heterocycles. The third-order valence-electron chi connectivity index (χ3n) is 2.81. The Hall–Kier alpha value is 0.250. The molecule has 0 rings (SSSR count). The van der Waals surface area contributed by atoms with Crippen molar-refractivity contribution in [1.29, 1.82) is 0 Å². The fourth-order valence-electron chi connectivity index (χ4n) is 1.35. The number of unbranched alkanes of at least 4 members (excludes halogenated alkanes) is 2. The minimum absolute atomic E-state index is 0. The van der Waals surface area contributed by atoms with E-state index in [-0.39, 0.29) is 12.4 Å². The molecule has 0 saturated carbocycles. The zero-order valence-corrected chi connectivity index (χ0v) is 9.58. The van der Waals surface area contributed by atoms with Crippen molar-refractivity contribution in [2.24, 2.45) is 0 Å². The van der Waals surface area contributed by atoms with Gasteiger partial charge in [0, 0.05) is 6.42 Å². The first-order valence-corrected chi connectivity index (χ1v) is 5.04. The summed E-state index contributed by atoms with van der Waals surface area (Å²) in [7, 11) is 0. The van der Waals surface area contributed by atoms with Crippen LogP contribution < -0.4 is 18.1 Å². The molecule has 0 radical (unpaired) electrons. The lowest BCUT2D eigenvalue weighted by molar-refractivity contribution is -0.481. The number of halogens is 1. The standard InChI is InChI=1S/C10H23N.ClH/c1-4-7-8-9-10(11,5-2)6-3;/h4-9,11H2,1-3H3;1H. The lowest BCUT2D eigenvalue weighted by Crippen LogP contribution is -3.00. The molecule has 0 atom stereocenters. The zero-order chi connectivity index (χ0) is 8.74. The lowest BCUT2D eigenvalue weighted by atomic mass is 9.88. The van der Waals surface area contributed by atoms with Crippen LogP contribution in [-0.4, -0.2) is 5.54 Å². The average molecular weight is 194 g/mol. The summed E-state index contributed by atoms with van der Waals surface area (Å²) in [4.78, 5) is 0. The molecule has 0 aliphatic heterocycles. The highest BCUT2D eigenvalue weighted by Gasteiger charge is 2.22. The molecule has 76 valence electrons. The van der Waals surface area contributed by atoms with E-state index in [4.69, 9.17) is 0 Å². The van der Waals surface area contributed by atoms with Crippen LogP contribution in [0.3, 0.4) is 0 Å². The Morgan fingerprint density at radius 2 is 1.50 bits per heavy atom. The number of hydrogen-bond donors (Lipinski definition) is 1. The van der Waals surface area contributed by atoms with Gasteiger partial charge in [0.15, 0.2) is 0 Å². The Balaban J connectivity index is 0. The zero-order valence-electron chi connectivity index (χ0n) is 8.83. The first-order valence-electron chi connectivity index (χ1n) is 5.04. The maximum absolute atomic E-state index is 4.28. The maximum atomic E-state index is 4.28. The Bertz CT molecular complexity index is 89.8. The molecule has 0 unspecified atom stereocenters. The van der Waals surface area contributed by atoms with Gasteiger partial charge in [0.1, 0.15) is 0 Å². The van der Waals surface area contributed by atoms with Crippen molar-refractivity contribution < 1.29 is 18.1 Å². The summed E-state index contributed by atoms with van der Waals surface area (Å²) < 4.78 is 0. The van der Waals surface area contributed by atoms with Gasteiger partial charge in [-0.25, -0.2) is 0 Å². The Labute approximate surface area is 83.5 Å². The van der Waals surface area contributed by atoms with Crippen LogP contribution in [0.25, 0.3) is 0 Å². The minimum Gasteiger partial charge on any atom is -1.00 e. The van der Waals surface area contributed by atoms with E-state index in [1.165, 1.54) is 38.5 Å². The summed E-state index contributed by atoms with van der Waals surface area (Å²) in [6, 6.07) is 0. The van der Waals surface area contributed by atoms with Gasteiger partial charge in [-0.15, -0.1) is 0 Å².